The molecule has 7 heteroatoms. The number of anilines is 1. The van der Waals surface area contributed by atoms with E-state index < -0.39 is 0 Å². The van der Waals surface area contributed by atoms with Crippen molar-refractivity contribution in [2.24, 2.45) is 5.10 Å². The zero-order chi connectivity index (χ0) is 22.2. The number of ether oxygens (including phenoxy) is 3. The van der Waals surface area contributed by atoms with Gasteiger partial charge in [-0.3, -0.25) is 5.43 Å². The molecule has 0 aliphatic rings. The molecule has 4 rings (SSSR count). The number of methoxy groups -OCH3 is 1. The van der Waals surface area contributed by atoms with Gasteiger partial charge in [0.05, 0.1) is 36.8 Å². The van der Waals surface area contributed by atoms with E-state index in [-0.39, 0.29) is 0 Å². The summed E-state index contributed by atoms with van der Waals surface area (Å²) in [5, 5.41) is 5.04. The summed E-state index contributed by atoms with van der Waals surface area (Å²) in [7, 11) is 1.63. The number of para-hydroxylation sites is 1. The quantitative estimate of drug-likeness (QED) is 0.186. The maximum absolute atomic E-state index is 5.87. The molecular weight excluding hydrogens is 422 g/mol. The van der Waals surface area contributed by atoms with Crippen LogP contribution in [0, 0.1) is 6.92 Å². The Labute approximate surface area is 191 Å². The van der Waals surface area contributed by atoms with Gasteiger partial charge in [0.15, 0.2) is 11.5 Å². The molecule has 0 unspecified atom stereocenters. The molecule has 0 saturated carbocycles. The van der Waals surface area contributed by atoms with Gasteiger partial charge >= 0.3 is 0 Å². The van der Waals surface area contributed by atoms with Crippen molar-refractivity contribution in [2.45, 2.75) is 13.3 Å². The largest absolute Gasteiger partial charge is 0.493 e. The van der Waals surface area contributed by atoms with Crippen molar-refractivity contribution in [3.8, 4) is 17.2 Å². The molecular formula is C25H25N3O3S. The molecule has 1 aromatic heterocycles. The van der Waals surface area contributed by atoms with Gasteiger partial charge < -0.3 is 14.2 Å². The number of thiazole rings is 1. The van der Waals surface area contributed by atoms with Gasteiger partial charge in [0, 0.05) is 6.42 Å². The Kier molecular flexibility index (Phi) is 7.19. The van der Waals surface area contributed by atoms with Crippen LogP contribution in [0.25, 0.3) is 10.2 Å². The average Bonchev–Trinajstić information content (AvgIpc) is 3.23. The third-order valence-corrected chi connectivity index (χ3v) is 5.63. The summed E-state index contributed by atoms with van der Waals surface area (Å²) >= 11 is 1.56. The molecule has 0 amide bonds. The number of fused-ring (bicyclic) bond motifs is 1. The number of hydrogen-bond donors (Lipinski definition) is 1. The Morgan fingerprint density at radius 3 is 2.59 bits per heavy atom. The fourth-order valence-corrected chi connectivity index (χ4v) is 3.85. The zero-order valence-electron chi connectivity index (χ0n) is 18.1. The molecule has 164 valence electrons. The standard InChI is InChI=1S/C25H25N3O3S/c1-18-8-11-20(12-9-18)30-14-5-15-31-22-13-10-19(16-23(22)29-2)17-26-28-25-27-21-6-3-4-7-24(21)32-25/h3-4,6-13,16-17H,5,14-15H2,1-2H3,(H,27,28)/b26-17-. The zero-order valence-corrected chi connectivity index (χ0v) is 18.9. The lowest BCUT2D eigenvalue weighted by Gasteiger charge is -2.12. The highest BCUT2D eigenvalue weighted by atomic mass is 32.1. The monoisotopic (exact) mass is 447 g/mol. The minimum absolute atomic E-state index is 0.537. The first-order valence-corrected chi connectivity index (χ1v) is 11.2. The topological polar surface area (TPSA) is 65.0 Å². The minimum atomic E-state index is 0.537. The molecule has 4 aromatic rings. The van der Waals surface area contributed by atoms with Crippen molar-refractivity contribution >= 4 is 32.9 Å². The number of aromatic nitrogens is 1. The van der Waals surface area contributed by atoms with Crippen LogP contribution in [-0.4, -0.2) is 31.5 Å². The number of nitrogens with zero attached hydrogens (tertiary/aromatic N) is 2. The molecule has 0 atom stereocenters. The summed E-state index contributed by atoms with van der Waals surface area (Å²) in [6.45, 7) is 3.18. The van der Waals surface area contributed by atoms with E-state index in [9.17, 15) is 0 Å². The van der Waals surface area contributed by atoms with Gasteiger partial charge in [-0.05, 0) is 55.0 Å². The second-order valence-corrected chi connectivity index (χ2v) is 8.16. The predicted molar refractivity (Wildman–Crippen MR) is 131 cm³/mol. The smallest absolute Gasteiger partial charge is 0.204 e. The molecule has 32 heavy (non-hydrogen) atoms. The second kappa shape index (κ2) is 10.6. The van der Waals surface area contributed by atoms with Gasteiger partial charge in [-0.25, -0.2) is 4.98 Å². The van der Waals surface area contributed by atoms with Gasteiger partial charge in [-0.15, -0.1) is 0 Å². The number of rotatable bonds is 10. The molecule has 0 aliphatic carbocycles. The first-order chi connectivity index (χ1) is 15.7. The molecule has 0 aliphatic heterocycles. The van der Waals surface area contributed by atoms with Crippen LogP contribution in [0.4, 0.5) is 5.13 Å². The van der Waals surface area contributed by atoms with Gasteiger partial charge in [0.2, 0.25) is 5.13 Å². The molecule has 0 fully saturated rings. The van der Waals surface area contributed by atoms with Crippen LogP contribution in [0.1, 0.15) is 17.5 Å². The molecule has 6 nitrogen and oxygen atoms in total. The van der Waals surface area contributed by atoms with Crippen LogP contribution in [-0.2, 0) is 0 Å². The highest BCUT2D eigenvalue weighted by molar-refractivity contribution is 7.22. The van der Waals surface area contributed by atoms with E-state index in [1.165, 1.54) is 5.56 Å². The Bertz CT molecular complexity index is 1160. The maximum atomic E-state index is 5.87. The lowest BCUT2D eigenvalue weighted by atomic mass is 10.2. The number of hydrazone groups is 1. The summed E-state index contributed by atoms with van der Waals surface area (Å²) in [6.07, 6.45) is 2.50. The predicted octanol–water partition coefficient (Wildman–Crippen LogP) is 5.91. The van der Waals surface area contributed by atoms with Gasteiger partial charge in [0.1, 0.15) is 5.75 Å². The van der Waals surface area contributed by atoms with Crippen LogP contribution in [0.5, 0.6) is 17.2 Å². The summed E-state index contributed by atoms with van der Waals surface area (Å²) in [4.78, 5) is 4.50. The average molecular weight is 448 g/mol. The summed E-state index contributed by atoms with van der Waals surface area (Å²) in [6, 6.07) is 21.7. The Hall–Kier alpha value is -3.58. The van der Waals surface area contributed by atoms with E-state index >= 15 is 0 Å². The van der Waals surface area contributed by atoms with Crippen LogP contribution in [0.3, 0.4) is 0 Å². The van der Waals surface area contributed by atoms with E-state index in [0.717, 1.165) is 33.1 Å². The Balaban J connectivity index is 1.27. The van der Waals surface area contributed by atoms with Crippen molar-refractivity contribution in [1.29, 1.82) is 0 Å². The Morgan fingerprint density at radius 1 is 0.969 bits per heavy atom. The molecule has 0 radical (unpaired) electrons. The maximum Gasteiger partial charge on any atom is 0.204 e. The molecule has 0 saturated heterocycles. The Morgan fingerprint density at radius 2 is 1.78 bits per heavy atom. The third kappa shape index (κ3) is 5.76. The fourth-order valence-electron chi connectivity index (χ4n) is 3.03. The van der Waals surface area contributed by atoms with Crippen molar-refractivity contribution in [1.82, 2.24) is 4.98 Å². The van der Waals surface area contributed by atoms with E-state index in [1.807, 2.05) is 66.7 Å². The van der Waals surface area contributed by atoms with Crippen LogP contribution in [0.2, 0.25) is 0 Å². The van der Waals surface area contributed by atoms with Crippen LogP contribution >= 0.6 is 11.3 Å². The number of benzene rings is 3. The molecule has 1 N–H and O–H groups in total. The lowest BCUT2D eigenvalue weighted by molar-refractivity contribution is 0.240. The fraction of sp³-hybridized carbons (Fsp3) is 0.200. The van der Waals surface area contributed by atoms with Crippen molar-refractivity contribution in [2.75, 3.05) is 25.7 Å². The summed E-state index contributed by atoms with van der Waals surface area (Å²) < 4.78 is 18.2. The van der Waals surface area contributed by atoms with Crippen molar-refractivity contribution < 1.29 is 14.2 Å². The van der Waals surface area contributed by atoms with E-state index in [1.54, 1.807) is 24.7 Å². The molecule has 3 aromatic carbocycles. The summed E-state index contributed by atoms with van der Waals surface area (Å²) in [5.41, 5.74) is 6.06. The van der Waals surface area contributed by atoms with E-state index in [4.69, 9.17) is 14.2 Å². The van der Waals surface area contributed by atoms with Gasteiger partial charge in [-0.1, -0.05) is 41.2 Å². The van der Waals surface area contributed by atoms with Crippen molar-refractivity contribution in [3.05, 3.63) is 77.9 Å². The molecule has 0 bridgehead atoms. The van der Waals surface area contributed by atoms with E-state index in [2.05, 4.69) is 22.4 Å². The van der Waals surface area contributed by atoms with E-state index in [0.29, 0.717) is 24.7 Å². The van der Waals surface area contributed by atoms with Crippen LogP contribution in [0.15, 0.2) is 71.8 Å². The number of hydrogen-bond acceptors (Lipinski definition) is 7. The minimum Gasteiger partial charge on any atom is -0.493 e. The first kappa shape index (κ1) is 21.6. The third-order valence-electron chi connectivity index (χ3n) is 4.69. The number of nitrogens with one attached hydrogen (secondary N) is 1. The highest BCUT2D eigenvalue weighted by Crippen LogP contribution is 2.28. The van der Waals surface area contributed by atoms with Crippen molar-refractivity contribution in [3.63, 3.8) is 0 Å². The number of aryl methyl sites for hydroxylation is 1. The first-order valence-electron chi connectivity index (χ1n) is 10.4. The second-order valence-electron chi connectivity index (χ2n) is 7.13. The summed E-state index contributed by atoms with van der Waals surface area (Å²) in [5.74, 6) is 2.23. The normalized spacial score (nSPS) is 11.1. The molecule has 0 spiro atoms. The SMILES string of the molecule is COc1cc(/C=N\Nc2nc3ccccc3s2)ccc1OCCCOc1ccc(C)cc1. The van der Waals surface area contributed by atoms with Gasteiger partial charge in [0.25, 0.3) is 0 Å². The van der Waals surface area contributed by atoms with Gasteiger partial charge in [-0.2, -0.15) is 5.10 Å². The lowest BCUT2D eigenvalue weighted by Crippen LogP contribution is -2.06. The molecule has 1 heterocycles. The van der Waals surface area contributed by atoms with Crippen LogP contribution < -0.4 is 19.6 Å². The highest BCUT2D eigenvalue weighted by Gasteiger charge is 2.06.